The van der Waals surface area contributed by atoms with Gasteiger partial charge in [0.1, 0.15) is 5.65 Å². The zero-order chi connectivity index (χ0) is 14.2. The number of pyridine rings is 1. The maximum absolute atomic E-state index is 12.0. The Morgan fingerprint density at radius 1 is 1.42 bits per heavy atom. The van der Waals surface area contributed by atoms with E-state index in [1.165, 1.54) is 0 Å². The minimum absolute atomic E-state index is 0.142. The zero-order valence-corrected chi connectivity index (χ0v) is 11.6. The van der Waals surface area contributed by atoms with Gasteiger partial charge in [0.05, 0.1) is 11.1 Å². The van der Waals surface area contributed by atoms with E-state index in [2.05, 4.69) is 9.97 Å². The van der Waals surface area contributed by atoms with Crippen molar-refractivity contribution in [1.29, 1.82) is 0 Å². The van der Waals surface area contributed by atoms with E-state index in [9.17, 15) is 9.59 Å². The van der Waals surface area contributed by atoms with Crippen molar-refractivity contribution in [3.05, 3.63) is 27.7 Å². The summed E-state index contributed by atoms with van der Waals surface area (Å²) < 4.78 is 1.66. The number of carboxylic acids is 1. The molecule has 2 aromatic rings. The van der Waals surface area contributed by atoms with Gasteiger partial charge >= 0.3 is 5.97 Å². The molecule has 100 valence electrons. The van der Waals surface area contributed by atoms with Gasteiger partial charge in [0.2, 0.25) is 0 Å². The van der Waals surface area contributed by atoms with E-state index in [4.69, 9.17) is 5.11 Å². The Morgan fingerprint density at radius 2 is 2.11 bits per heavy atom. The first-order valence-electron chi connectivity index (χ1n) is 5.59. The first-order chi connectivity index (χ1) is 8.90. The lowest BCUT2D eigenvalue weighted by Crippen LogP contribution is -2.17. The Labute approximate surface area is 113 Å². The molecule has 0 radical (unpaired) electrons. The number of hydrogen-bond acceptors (Lipinski definition) is 5. The highest BCUT2D eigenvalue weighted by atomic mass is 32.2. The second-order valence-electron chi connectivity index (χ2n) is 4.22. The van der Waals surface area contributed by atoms with Gasteiger partial charge in [-0.1, -0.05) is 11.8 Å². The molecule has 0 atom stereocenters. The fourth-order valence-electron chi connectivity index (χ4n) is 1.89. The van der Waals surface area contributed by atoms with Crippen LogP contribution in [0.5, 0.6) is 0 Å². The number of fused-ring (bicyclic) bond motifs is 1. The summed E-state index contributed by atoms with van der Waals surface area (Å²) in [5.74, 6) is -1.09. The summed E-state index contributed by atoms with van der Waals surface area (Å²) in [5.41, 5.74) is 1.79. The molecule has 0 aliphatic carbocycles. The molecule has 0 fully saturated rings. The van der Waals surface area contributed by atoms with Gasteiger partial charge < -0.3 is 9.67 Å². The molecule has 19 heavy (non-hydrogen) atoms. The molecule has 0 aliphatic rings. The zero-order valence-electron chi connectivity index (χ0n) is 10.8. The van der Waals surface area contributed by atoms with Gasteiger partial charge in [0, 0.05) is 12.7 Å². The number of nitrogens with zero attached hydrogens (tertiary/aromatic N) is 3. The van der Waals surface area contributed by atoms with Crippen LogP contribution in [0, 0.1) is 13.8 Å². The normalized spacial score (nSPS) is 10.9. The standard InChI is InChI=1S/C12H13N3O3S/c1-6-4-7(2)13-10-9(6)11(18)14-12(15(10)3)19-5-8(16)17/h4H,5H2,1-3H3,(H,16,17). The fraction of sp³-hybridized carbons (Fsp3) is 0.333. The Kier molecular flexibility index (Phi) is 3.57. The van der Waals surface area contributed by atoms with Gasteiger partial charge in [0.15, 0.2) is 5.16 Å². The highest BCUT2D eigenvalue weighted by Crippen LogP contribution is 2.19. The predicted molar refractivity (Wildman–Crippen MR) is 72.6 cm³/mol. The highest BCUT2D eigenvalue weighted by molar-refractivity contribution is 7.99. The SMILES string of the molecule is Cc1cc(C)c2c(=O)nc(SCC(=O)O)n(C)c2n1. The van der Waals surface area contributed by atoms with E-state index >= 15 is 0 Å². The quantitative estimate of drug-likeness (QED) is 0.669. The van der Waals surface area contributed by atoms with Crippen LogP contribution in [0.2, 0.25) is 0 Å². The van der Waals surface area contributed by atoms with E-state index in [1.54, 1.807) is 11.6 Å². The van der Waals surface area contributed by atoms with Crippen LogP contribution in [0.1, 0.15) is 11.3 Å². The Balaban J connectivity index is 2.67. The summed E-state index contributed by atoms with van der Waals surface area (Å²) in [6.45, 7) is 3.69. The molecule has 0 saturated heterocycles. The molecule has 1 N–H and O–H groups in total. The molecule has 0 aromatic carbocycles. The molecule has 0 bridgehead atoms. The van der Waals surface area contributed by atoms with E-state index < -0.39 is 5.97 Å². The third kappa shape index (κ3) is 2.60. The van der Waals surface area contributed by atoms with Crippen molar-refractivity contribution in [1.82, 2.24) is 14.5 Å². The molecule has 0 amide bonds. The number of rotatable bonds is 3. The third-order valence-corrected chi connectivity index (χ3v) is 3.68. The summed E-state index contributed by atoms with van der Waals surface area (Å²) in [6, 6.07) is 1.83. The lowest BCUT2D eigenvalue weighted by Gasteiger charge is -2.11. The van der Waals surface area contributed by atoms with Crippen molar-refractivity contribution in [3.8, 4) is 0 Å². The Morgan fingerprint density at radius 3 is 2.74 bits per heavy atom. The highest BCUT2D eigenvalue weighted by Gasteiger charge is 2.13. The van der Waals surface area contributed by atoms with Gasteiger partial charge in [-0.15, -0.1) is 0 Å². The maximum atomic E-state index is 12.0. The van der Waals surface area contributed by atoms with E-state index in [0.717, 1.165) is 23.0 Å². The summed E-state index contributed by atoms with van der Waals surface area (Å²) >= 11 is 1.01. The summed E-state index contributed by atoms with van der Waals surface area (Å²) in [4.78, 5) is 30.9. The molecule has 6 nitrogen and oxygen atoms in total. The van der Waals surface area contributed by atoms with Crippen LogP contribution >= 0.6 is 11.8 Å². The molecular formula is C12H13N3O3S. The number of aromatic nitrogens is 3. The van der Waals surface area contributed by atoms with Crippen molar-refractivity contribution in [2.24, 2.45) is 7.05 Å². The average Bonchev–Trinajstić information content (AvgIpc) is 2.30. The van der Waals surface area contributed by atoms with Crippen molar-refractivity contribution in [2.75, 3.05) is 5.75 Å². The van der Waals surface area contributed by atoms with Crippen molar-refractivity contribution < 1.29 is 9.90 Å². The molecule has 2 aromatic heterocycles. The first-order valence-corrected chi connectivity index (χ1v) is 6.58. The van der Waals surface area contributed by atoms with Crippen LogP contribution < -0.4 is 5.56 Å². The van der Waals surface area contributed by atoms with Crippen LogP contribution in [0.4, 0.5) is 0 Å². The van der Waals surface area contributed by atoms with Gasteiger partial charge in [0.25, 0.3) is 5.56 Å². The topological polar surface area (TPSA) is 85.1 Å². The minimum atomic E-state index is -0.951. The number of thioether (sulfide) groups is 1. The van der Waals surface area contributed by atoms with Crippen LogP contribution in [0.15, 0.2) is 16.0 Å². The summed E-state index contributed by atoms with van der Waals surface area (Å²) in [7, 11) is 1.73. The maximum Gasteiger partial charge on any atom is 0.313 e. The lowest BCUT2D eigenvalue weighted by atomic mass is 10.2. The molecule has 2 rings (SSSR count). The molecule has 0 saturated carbocycles. The number of carbonyl (C=O) groups is 1. The van der Waals surface area contributed by atoms with Crippen molar-refractivity contribution in [3.63, 3.8) is 0 Å². The largest absolute Gasteiger partial charge is 0.481 e. The number of carboxylic acid groups (broad SMARTS) is 1. The number of aryl methyl sites for hydroxylation is 3. The summed E-state index contributed by atoms with van der Waals surface area (Å²) in [6.07, 6.45) is 0. The number of hydrogen-bond donors (Lipinski definition) is 1. The van der Waals surface area contributed by atoms with Crippen molar-refractivity contribution in [2.45, 2.75) is 19.0 Å². The van der Waals surface area contributed by atoms with E-state index in [-0.39, 0.29) is 11.3 Å². The average molecular weight is 279 g/mol. The van der Waals surface area contributed by atoms with Crippen LogP contribution in [-0.2, 0) is 11.8 Å². The first kappa shape index (κ1) is 13.5. The molecule has 0 aliphatic heterocycles. The van der Waals surface area contributed by atoms with Gasteiger partial charge in [-0.2, -0.15) is 4.98 Å². The van der Waals surface area contributed by atoms with Crippen LogP contribution in [0.3, 0.4) is 0 Å². The molecule has 7 heteroatoms. The fourth-order valence-corrected chi connectivity index (χ4v) is 2.57. The molecule has 0 spiro atoms. The molecular weight excluding hydrogens is 266 g/mol. The molecule has 2 heterocycles. The monoisotopic (exact) mass is 279 g/mol. The van der Waals surface area contributed by atoms with Crippen molar-refractivity contribution >= 4 is 28.8 Å². The van der Waals surface area contributed by atoms with Crippen LogP contribution in [0.25, 0.3) is 11.0 Å². The lowest BCUT2D eigenvalue weighted by molar-refractivity contribution is -0.133. The third-order valence-electron chi connectivity index (χ3n) is 2.67. The predicted octanol–water partition coefficient (Wildman–Crippen LogP) is 1.12. The second kappa shape index (κ2) is 5.00. The van der Waals surface area contributed by atoms with Crippen LogP contribution in [-0.4, -0.2) is 31.4 Å². The summed E-state index contributed by atoms with van der Waals surface area (Å²) in [5, 5.41) is 9.52. The van der Waals surface area contributed by atoms with Gasteiger partial charge in [-0.05, 0) is 25.5 Å². The Bertz CT molecular complexity index is 724. The smallest absolute Gasteiger partial charge is 0.313 e. The number of aliphatic carboxylic acids is 1. The van der Waals surface area contributed by atoms with E-state index in [0.29, 0.717) is 16.2 Å². The molecule has 0 unspecified atom stereocenters. The van der Waals surface area contributed by atoms with Gasteiger partial charge in [-0.25, -0.2) is 4.98 Å². The minimum Gasteiger partial charge on any atom is -0.481 e. The Hall–Kier alpha value is -1.89. The van der Waals surface area contributed by atoms with E-state index in [1.807, 2.05) is 19.9 Å². The van der Waals surface area contributed by atoms with Gasteiger partial charge in [-0.3, -0.25) is 9.59 Å². The second-order valence-corrected chi connectivity index (χ2v) is 5.16.